The Kier molecular flexibility index (Phi) is 3.85. The van der Waals surface area contributed by atoms with Gasteiger partial charge in [0.1, 0.15) is 19.1 Å². The Morgan fingerprint density at radius 3 is 2.64 bits per heavy atom. The number of β-lactam (4-membered cyclic amide) rings is 1. The van der Waals surface area contributed by atoms with Crippen LogP contribution in [0, 0.1) is 5.41 Å². The molecule has 0 aromatic rings. The number of nitrogens with zero attached hydrogens (tertiary/aromatic N) is 2. The summed E-state index contributed by atoms with van der Waals surface area (Å²) in [7, 11) is -2.84. The summed E-state index contributed by atoms with van der Waals surface area (Å²) in [6, 6.07) is 0. The van der Waals surface area contributed by atoms with Crippen molar-refractivity contribution in [1.29, 1.82) is 0 Å². The molecule has 2 aliphatic rings. The lowest BCUT2D eigenvalue weighted by Gasteiger charge is -2.48. The van der Waals surface area contributed by atoms with Crippen LogP contribution >= 0.6 is 0 Å². The van der Waals surface area contributed by atoms with E-state index in [4.69, 9.17) is 0 Å². The van der Waals surface area contributed by atoms with Gasteiger partial charge in [-0.3, -0.25) is 14.4 Å². The third-order valence-electron chi connectivity index (χ3n) is 3.48. The van der Waals surface area contributed by atoms with Gasteiger partial charge < -0.3 is 19.6 Å². The number of hydrogen-bond donors (Lipinski definition) is 1. The van der Waals surface area contributed by atoms with E-state index >= 15 is 0 Å². The molecule has 22 heavy (non-hydrogen) atoms. The third kappa shape index (κ3) is 2.40. The van der Waals surface area contributed by atoms with Crippen molar-refractivity contribution in [2.75, 3.05) is 26.0 Å². The van der Waals surface area contributed by atoms with Crippen LogP contribution in [0.15, 0.2) is 5.16 Å². The number of carbonyl (C=O) groups excluding carboxylic acids is 2. The first-order valence-electron chi connectivity index (χ1n) is 6.15. The zero-order chi connectivity index (χ0) is 16.7. The van der Waals surface area contributed by atoms with Gasteiger partial charge in [0.15, 0.2) is 20.9 Å². The van der Waals surface area contributed by atoms with Gasteiger partial charge in [-0.25, -0.2) is 8.42 Å². The van der Waals surface area contributed by atoms with Crippen molar-refractivity contribution in [2.24, 2.45) is 10.6 Å². The van der Waals surface area contributed by atoms with Crippen LogP contribution in [0.4, 0.5) is 0 Å². The van der Waals surface area contributed by atoms with Gasteiger partial charge in [-0.1, -0.05) is 5.16 Å². The summed E-state index contributed by atoms with van der Waals surface area (Å²) >= 11 is 0. The molecule has 0 aromatic carbocycles. The molecule has 0 aromatic heterocycles. The number of carboxylic acid groups (broad SMARTS) is 1. The second kappa shape index (κ2) is 5.23. The molecule has 10 nitrogen and oxygen atoms in total. The standard InChI is InChI=1S/C11H14N2O8S/c1-6(14)21-4-11(10(16)17)3-13-8(15)7(12-20-2)9(13)22(18,19)5-11/h9H,3-5H2,1-2H3,(H,16,17)/t9-,11?/m1/s1. The van der Waals surface area contributed by atoms with Gasteiger partial charge in [0.05, 0.1) is 5.75 Å². The molecule has 0 spiro atoms. The number of rotatable bonds is 4. The average molecular weight is 334 g/mol. The van der Waals surface area contributed by atoms with Crippen LogP contribution in [-0.4, -0.2) is 73.4 Å². The Bertz CT molecular complexity index is 670. The van der Waals surface area contributed by atoms with E-state index < -0.39 is 50.8 Å². The number of carboxylic acids is 1. The maximum absolute atomic E-state index is 12.3. The average Bonchev–Trinajstić information content (AvgIpc) is 2.41. The molecule has 2 rings (SSSR count). The minimum absolute atomic E-state index is 0.283. The number of ether oxygens (including phenoxy) is 1. The summed E-state index contributed by atoms with van der Waals surface area (Å²) in [5.74, 6) is -3.68. The maximum Gasteiger partial charge on any atom is 0.316 e. The van der Waals surface area contributed by atoms with E-state index in [0.29, 0.717) is 0 Å². The van der Waals surface area contributed by atoms with Gasteiger partial charge in [-0.05, 0) is 0 Å². The molecule has 2 aliphatic heterocycles. The van der Waals surface area contributed by atoms with Gasteiger partial charge in [-0.15, -0.1) is 0 Å². The molecule has 1 unspecified atom stereocenters. The fraction of sp³-hybridized carbons (Fsp3) is 0.636. The van der Waals surface area contributed by atoms with Crippen molar-refractivity contribution >= 4 is 33.4 Å². The Balaban J connectivity index is 2.37. The minimum atomic E-state index is -4.01. The number of hydrogen-bond acceptors (Lipinski definition) is 8. The van der Waals surface area contributed by atoms with Crippen molar-refractivity contribution < 1.29 is 37.5 Å². The largest absolute Gasteiger partial charge is 0.481 e. The van der Waals surface area contributed by atoms with E-state index in [-0.39, 0.29) is 12.3 Å². The summed E-state index contributed by atoms with van der Waals surface area (Å²) in [6.07, 6.45) is 0. The van der Waals surface area contributed by atoms with Crippen molar-refractivity contribution in [2.45, 2.75) is 12.3 Å². The zero-order valence-electron chi connectivity index (χ0n) is 11.8. The molecule has 1 N–H and O–H groups in total. The van der Waals surface area contributed by atoms with Gasteiger partial charge in [0.25, 0.3) is 5.91 Å². The highest BCUT2D eigenvalue weighted by atomic mass is 32.2. The van der Waals surface area contributed by atoms with E-state index in [2.05, 4.69) is 14.7 Å². The Labute approximate surface area is 125 Å². The molecule has 11 heteroatoms. The highest BCUT2D eigenvalue weighted by Gasteiger charge is 2.63. The Morgan fingerprint density at radius 2 is 2.14 bits per heavy atom. The van der Waals surface area contributed by atoms with Crippen LogP contribution in [-0.2, 0) is 33.8 Å². The molecule has 0 radical (unpaired) electrons. The SMILES string of the molecule is CON=C1C(=O)N2CC(COC(C)=O)(C(=O)O)CS(=O)(=O)[C@H]12. The smallest absolute Gasteiger partial charge is 0.316 e. The van der Waals surface area contributed by atoms with Gasteiger partial charge >= 0.3 is 11.9 Å². The van der Waals surface area contributed by atoms with Crippen LogP contribution < -0.4 is 0 Å². The molecule has 0 bridgehead atoms. The van der Waals surface area contributed by atoms with E-state index in [9.17, 15) is 27.9 Å². The lowest BCUT2D eigenvalue weighted by atomic mass is 9.88. The van der Waals surface area contributed by atoms with Crippen molar-refractivity contribution in [3.05, 3.63) is 0 Å². The number of oxime groups is 1. The monoisotopic (exact) mass is 334 g/mol. The summed E-state index contributed by atoms with van der Waals surface area (Å²) < 4.78 is 29.3. The molecule has 1 amide bonds. The summed E-state index contributed by atoms with van der Waals surface area (Å²) in [5.41, 5.74) is -2.18. The van der Waals surface area contributed by atoms with Crippen LogP contribution in [0.3, 0.4) is 0 Å². The molecule has 0 saturated carbocycles. The number of carbonyl (C=O) groups is 3. The van der Waals surface area contributed by atoms with Gasteiger partial charge in [-0.2, -0.15) is 0 Å². The molecule has 2 atom stereocenters. The zero-order valence-corrected chi connectivity index (χ0v) is 12.6. The van der Waals surface area contributed by atoms with Crippen LogP contribution in [0.1, 0.15) is 6.92 Å². The van der Waals surface area contributed by atoms with E-state index in [1.165, 1.54) is 7.11 Å². The molecular weight excluding hydrogens is 320 g/mol. The highest BCUT2D eigenvalue weighted by Crippen LogP contribution is 2.37. The van der Waals surface area contributed by atoms with Crippen LogP contribution in [0.5, 0.6) is 0 Å². The molecule has 2 saturated heterocycles. The quantitative estimate of drug-likeness (QED) is 0.361. The predicted molar refractivity (Wildman–Crippen MR) is 70.4 cm³/mol. The first-order valence-corrected chi connectivity index (χ1v) is 7.86. The van der Waals surface area contributed by atoms with Crippen molar-refractivity contribution in [3.63, 3.8) is 0 Å². The third-order valence-corrected chi connectivity index (χ3v) is 5.60. The second-order valence-electron chi connectivity index (χ2n) is 5.12. The molecule has 2 fully saturated rings. The van der Waals surface area contributed by atoms with Gasteiger partial charge in [0.2, 0.25) is 0 Å². The normalized spacial score (nSPS) is 31.2. The number of sulfone groups is 1. The first-order chi connectivity index (χ1) is 10.1. The van der Waals surface area contributed by atoms with Crippen molar-refractivity contribution in [3.8, 4) is 0 Å². The van der Waals surface area contributed by atoms with E-state index in [1.54, 1.807) is 0 Å². The van der Waals surface area contributed by atoms with Crippen molar-refractivity contribution in [1.82, 2.24) is 4.90 Å². The van der Waals surface area contributed by atoms with Crippen LogP contribution in [0.25, 0.3) is 0 Å². The Hall–Kier alpha value is -2.17. The topological polar surface area (TPSA) is 140 Å². The maximum atomic E-state index is 12.3. The molecule has 122 valence electrons. The predicted octanol–water partition coefficient (Wildman–Crippen LogP) is -1.78. The molecule has 2 heterocycles. The van der Waals surface area contributed by atoms with E-state index in [1.807, 2.05) is 0 Å². The number of esters is 1. The summed E-state index contributed by atoms with van der Waals surface area (Å²) in [6.45, 7) is 0.0546. The number of aliphatic carboxylic acids is 1. The fourth-order valence-electron chi connectivity index (χ4n) is 2.50. The van der Waals surface area contributed by atoms with Crippen LogP contribution in [0.2, 0.25) is 0 Å². The lowest BCUT2D eigenvalue weighted by Crippen LogP contribution is -2.73. The summed E-state index contributed by atoms with van der Waals surface area (Å²) in [5, 5.41) is 11.4. The van der Waals surface area contributed by atoms with E-state index in [0.717, 1.165) is 11.8 Å². The van der Waals surface area contributed by atoms with Gasteiger partial charge in [0, 0.05) is 13.5 Å². The minimum Gasteiger partial charge on any atom is -0.481 e. The first kappa shape index (κ1) is 16.2. The Morgan fingerprint density at radius 1 is 1.50 bits per heavy atom. The fourth-order valence-corrected chi connectivity index (χ4v) is 4.76. The number of amides is 1. The summed E-state index contributed by atoms with van der Waals surface area (Å²) in [4.78, 5) is 39.6. The second-order valence-corrected chi connectivity index (χ2v) is 7.18. The highest BCUT2D eigenvalue weighted by molar-refractivity contribution is 7.93. The lowest BCUT2D eigenvalue weighted by molar-refractivity contribution is -0.159. The number of fused-ring (bicyclic) bond motifs is 1. The molecular formula is C11H14N2O8S. The molecule has 0 aliphatic carbocycles.